The SMILES string of the molecule is CCCCCCCCCCCCCCCCCCC(=O)O[C@H](COC(=O)CCCCCCCCCCCCCC)COC(=O)CCCCCCCCCC(C)C. The summed E-state index contributed by atoms with van der Waals surface area (Å²) in [6, 6.07) is 0. The van der Waals surface area contributed by atoms with E-state index in [2.05, 4.69) is 27.7 Å². The van der Waals surface area contributed by atoms with Crippen molar-refractivity contribution in [3.8, 4) is 0 Å². The second-order valence-corrected chi connectivity index (χ2v) is 17.6. The normalized spacial score (nSPS) is 11.9. The van der Waals surface area contributed by atoms with Gasteiger partial charge in [0.05, 0.1) is 0 Å². The minimum Gasteiger partial charge on any atom is -0.462 e. The van der Waals surface area contributed by atoms with Gasteiger partial charge in [-0.15, -0.1) is 0 Å². The average molecular weight is 793 g/mol. The molecular formula is C50H96O6. The summed E-state index contributed by atoms with van der Waals surface area (Å²) in [5.74, 6) is -0.0687. The zero-order valence-corrected chi connectivity index (χ0v) is 38.1. The van der Waals surface area contributed by atoms with Crippen LogP contribution in [0.3, 0.4) is 0 Å². The van der Waals surface area contributed by atoms with Crippen molar-refractivity contribution in [2.45, 2.75) is 284 Å². The van der Waals surface area contributed by atoms with Gasteiger partial charge in [-0.3, -0.25) is 14.4 Å². The van der Waals surface area contributed by atoms with Gasteiger partial charge in [-0.25, -0.2) is 0 Å². The molecule has 0 aliphatic heterocycles. The fraction of sp³-hybridized carbons (Fsp3) is 0.940. The molecule has 0 aromatic rings. The van der Waals surface area contributed by atoms with Crippen LogP contribution in [0.25, 0.3) is 0 Å². The standard InChI is InChI=1S/C50H96O6/c1-5-7-9-11-13-15-17-19-20-21-22-24-26-30-35-39-43-50(53)56-47(45-55-49(52)42-38-34-31-27-28-32-36-40-46(3)4)44-54-48(51)41-37-33-29-25-23-18-16-14-12-10-8-6-2/h46-47H,5-45H2,1-4H3/t47-/m1/s1. The van der Waals surface area contributed by atoms with E-state index in [9.17, 15) is 14.4 Å². The molecule has 0 aromatic carbocycles. The molecule has 0 saturated heterocycles. The van der Waals surface area contributed by atoms with Crippen LogP contribution in [0.15, 0.2) is 0 Å². The summed E-state index contributed by atoms with van der Waals surface area (Å²) in [7, 11) is 0. The number of hydrogen-bond donors (Lipinski definition) is 0. The first-order valence-corrected chi connectivity index (χ1v) is 24.9. The first kappa shape index (κ1) is 54.4. The van der Waals surface area contributed by atoms with Crippen molar-refractivity contribution in [2.24, 2.45) is 5.92 Å². The van der Waals surface area contributed by atoms with Gasteiger partial charge in [0.15, 0.2) is 6.10 Å². The Morgan fingerprint density at radius 2 is 0.589 bits per heavy atom. The van der Waals surface area contributed by atoms with Gasteiger partial charge < -0.3 is 14.2 Å². The third-order valence-corrected chi connectivity index (χ3v) is 11.3. The molecule has 0 radical (unpaired) electrons. The number of carbonyl (C=O) groups excluding carboxylic acids is 3. The predicted molar refractivity (Wildman–Crippen MR) is 238 cm³/mol. The molecular weight excluding hydrogens is 697 g/mol. The van der Waals surface area contributed by atoms with Crippen LogP contribution in [0.5, 0.6) is 0 Å². The highest BCUT2D eigenvalue weighted by atomic mass is 16.6. The predicted octanol–water partition coefficient (Wildman–Crippen LogP) is 15.9. The van der Waals surface area contributed by atoms with E-state index < -0.39 is 6.10 Å². The van der Waals surface area contributed by atoms with Crippen LogP contribution in [0, 0.1) is 5.92 Å². The monoisotopic (exact) mass is 793 g/mol. The number of hydrogen-bond acceptors (Lipinski definition) is 6. The van der Waals surface area contributed by atoms with Gasteiger partial charge in [-0.1, -0.05) is 240 Å². The molecule has 0 N–H and O–H groups in total. The van der Waals surface area contributed by atoms with E-state index in [1.807, 2.05) is 0 Å². The average Bonchev–Trinajstić information content (AvgIpc) is 3.18. The number of esters is 3. The van der Waals surface area contributed by atoms with Crippen molar-refractivity contribution >= 4 is 17.9 Å². The summed E-state index contributed by atoms with van der Waals surface area (Å²) in [5.41, 5.74) is 0. The van der Waals surface area contributed by atoms with Crippen LogP contribution in [0.1, 0.15) is 278 Å². The second-order valence-electron chi connectivity index (χ2n) is 17.6. The van der Waals surface area contributed by atoms with Crippen LogP contribution in [0.4, 0.5) is 0 Å². The summed E-state index contributed by atoms with van der Waals surface area (Å²) in [6.45, 7) is 8.97. The van der Waals surface area contributed by atoms with E-state index in [1.165, 1.54) is 173 Å². The van der Waals surface area contributed by atoms with E-state index in [1.54, 1.807) is 0 Å². The minimum atomic E-state index is -0.760. The smallest absolute Gasteiger partial charge is 0.306 e. The summed E-state index contributed by atoms with van der Waals surface area (Å²) >= 11 is 0. The lowest BCUT2D eigenvalue weighted by Gasteiger charge is -2.18. The zero-order valence-electron chi connectivity index (χ0n) is 38.1. The van der Waals surface area contributed by atoms with Crippen LogP contribution in [-0.2, 0) is 28.6 Å². The molecule has 0 heterocycles. The maximum atomic E-state index is 12.8. The third-order valence-electron chi connectivity index (χ3n) is 11.3. The highest BCUT2D eigenvalue weighted by Crippen LogP contribution is 2.17. The molecule has 6 heteroatoms. The molecule has 0 aliphatic carbocycles. The molecule has 56 heavy (non-hydrogen) atoms. The molecule has 0 bridgehead atoms. The molecule has 1 atom stereocenters. The number of carbonyl (C=O) groups is 3. The summed E-state index contributed by atoms with van der Waals surface area (Å²) in [5, 5.41) is 0. The molecule has 0 amide bonds. The Morgan fingerprint density at radius 3 is 0.875 bits per heavy atom. The summed E-state index contributed by atoms with van der Waals surface area (Å²) in [6.07, 6.45) is 45.2. The highest BCUT2D eigenvalue weighted by Gasteiger charge is 2.19. The van der Waals surface area contributed by atoms with E-state index in [-0.39, 0.29) is 31.1 Å². The third kappa shape index (κ3) is 43.5. The van der Waals surface area contributed by atoms with Gasteiger partial charge in [-0.2, -0.15) is 0 Å². The number of ether oxygens (including phenoxy) is 3. The van der Waals surface area contributed by atoms with Crippen molar-refractivity contribution in [2.75, 3.05) is 13.2 Å². The van der Waals surface area contributed by atoms with Crippen molar-refractivity contribution in [1.82, 2.24) is 0 Å². The Kier molecular flexibility index (Phi) is 43.2. The molecule has 0 unspecified atom stereocenters. The van der Waals surface area contributed by atoms with Gasteiger partial charge >= 0.3 is 17.9 Å². The van der Waals surface area contributed by atoms with E-state index in [4.69, 9.17) is 14.2 Å². The molecule has 0 spiro atoms. The molecule has 0 aromatic heterocycles. The summed E-state index contributed by atoms with van der Waals surface area (Å²) < 4.78 is 16.8. The molecule has 6 nitrogen and oxygen atoms in total. The maximum Gasteiger partial charge on any atom is 0.306 e. The number of rotatable bonds is 45. The molecule has 0 rings (SSSR count). The number of unbranched alkanes of at least 4 members (excludes halogenated alkanes) is 32. The maximum absolute atomic E-state index is 12.8. The van der Waals surface area contributed by atoms with Crippen LogP contribution >= 0.6 is 0 Å². The van der Waals surface area contributed by atoms with E-state index >= 15 is 0 Å². The Balaban J connectivity index is 4.29. The molecule has 332 valence electrons. The van der Waals surface area contributed by atoms with Gasteiger partial charge in [0.2, 0.25) is 0 Å². The Labute approximate surface area is 348 Å². The Hall–Kier alpha value is -1.59. The van der Waals surface area contributed by atoms with E-state index in [0.717, 1.165) is 63.7 Å². The van der Waals surface area contributed by atoms with Gasteiger partial charge in [0.1, 0.15) is 13.2 Å². The van der Waals surface area contributed by atoms with E-state index in [0.29, 0.717) is 19.3 Å². The van der Waals surface area contributed by atoms with Gasteiger partial charge in [0, 0.05) is 19.3 Å². The van der Waals surface area contributed by atoms with Crippen LogP contribution in [-0.4, -0.2) is 37.2 Å². The van der Waals surface area contributed by atoms with Crippen molar-refractivity contribution in [3.63, 3.8) is 0 Å². The van der Waals surface area contributed by atoms with Crippen LogP contribution in [0.2, 0.25) is 0 Å². The lowest BCUT2D eigenvalue weighted by atomic mass is 10.0. The van der Waals surface area contributed by atoms with Crippen molar-refractivity contribution in [3.05, 3.63) is 0 Å². The Morgan fingerprint density at radius 1 is 0.339 bits per heavy atom. The van der Waals surface area contributed by atoms with Gasteiger partial charge in [0.25, 0.3) is 0 Å². The second kappa shape index (κ2) is 44.5. The summed E-state index contributed by atoms with van der Waals surface area (Å²) in [4.78, 5) is 37.8. The first-order valence-electron chi connectivity index (χ1n) is 24.9. The zero-order chi connectivity index (χ0) is 41.0. The van der Waals surface area contributed by atoms with Crippen molar-refractivity contribution < 1.29 is 28.6 Å². The fourth-order valence-electron chi connectivity index (χ4n) is 7.51. The largest absolute Gasteiger partial charge is 0.462 e. The topological polar surface area (TPSA) is 78.9 Å². The lowest BCUT2D eigenvalue weighted by molar-refractivity contribution is -0.167. The minimum absolute atomic E-state index is 0.0636. The first-order chi connectivity index (χ1) is 27.4. The Bertz CT molecular complexity index is 841. The highest BCUT2D eigenvalue weighted by molar-refractivity contribution is 5.71. The molecule has 0 fully saturated rings. The lowest BCUT2D eigenvalue weighted by Crippen LogP contribution is -2.30. The fourth-order valence-corrected chi connectivity index (χ4v) is 7.51. The van der Waals surface area contributed by atoms with Gasteiger partial charge in [-0.05, 0) is 25.2 Å². The van der Waals surface area contributed by atoms with Crippen LogP contribution < -0.4 is 0 Å². The quantitative estimate of drug-likeness (QED) is 0.0347. The molecule has 0 aliphatic rings. The molecule has 0 saturated carbocycles. The van der Waals surface area contributed by atoms with Crippen molar-refractivity contribution in [1.29, 1.82) is 0 Å².